The third-order valence-electron chi connectivity index (χ3n) is 5.82. The molecule has 0 spiro atoms. The van der Waals surface area contributed by atoms with Crippen LogP contribution in [0.3, 0.4) is 0 Å². The number of alkyl halides is 3. The van der Waals surface area contributed by atoms with Crippen molar-refractivity contribution in [2.45, 2.75) is 37.9 Å². The molecular formula is C28H30F3N4NaO4. The van der Waals surface area contributed by atoms with Gasteiger partial charge in [0.2, 0.25) is 11.8 Å². The van der Waals surface area contributed by atoms with Crippen LogP contribution in [0.4, 0.5) is 19.0 Å². The van der Waals surface area contributed by atoms with Crippen molar-refractivity contribution in [1.82, 2.24) is 15.6 Å². The van der Waals surface area contributed by atoms with Gasteiger partial charge < -0.3 is 21.1 Å². The summed E-state index contributed by atoms with van der Waals surface area (Å²) in [5.41, 5.74) is 0.948. The molecule has 0 aliphatic rings. The second kappa shape index (κ2) is 16.0. The number of aliphatic carboxylic acids is 1. The summed E-state index contributed by atoms with van der Waals surface area (Å²) >= 11 is 0. The Kier molecular flexibility index (Phi) is 13.1. The Bertz CT molecular complexity index is 1240. The van der Waals surface area contributed by atoms with E-state index in [2.05, 4.69) is 20.9 Å². The number of carboxylic acids is 1. The van der Waals surface area contributed by atoms with E-state index >= 15 is 0 Å². The van der Waals surface area contributed by atoms with Gasteiger partial charge in [0.25, 0.3) is 0 Å². The van der Waals surface area contributed by atoms with E-state index in [1.165, 1.54) is 12.1 Å². The first kappa shape index (κ1) is 32.8. The van der Waals surface area contributed by atoms with Crippen molar-refractivity contribution < 1.29 is 32.7 Å². The van der Waals surface area contributed by atoms with E-state index in [0.29, 0.717) is 29.7 Å². The van der Waals surface area contributed by atoms with E-state index in [1.807, 2.05) is 18.2 Å². The van der Waals surface area contributed by atoms with E-state index in [-0.39, 0.29) is 54.9 Å². The molecule has 0 radical (unpaired) electrons. The topological polar surface area (TPSA) is 120 Å². The van der Waals surface area contributed by atoms with E-state index in [4.69, 9.17) is 0 Å². The molecule has 2 aromatic carbocycles. The van der Waals surface area contributed by atoms with Crippen LogP contribution in [-0.2, 0) is 20.6 Å². The number of hydrogen-bond donors (Lipinski definition) is 4. The fourth-order valence-corrected chi connectivity index (χ4v) is 3.79. The zero-order chi connectivity index (χ0) is 28.3. The quantitative estimate of drug-likeness (QED) is 0.182. The van der Waals surface area contributed by atoms with E-state index < -0.39 is 29.7 Å². The SMILES string of the molecule is O=C(O)CC(NC(=O)CNC(=O)CCCCNc1ccccn1)c1ccc(-c2ccc(C(F)(F)F)cc2)cc1.[NaH]. The molecule has 1 atom stereocenters. The molecule has 1 heterocycles. The van der Waals surface area contributed by atoms with Gasteiger partial charge in [0.15, 0.2) is 0 Å². The molecule has 0 fully saturated rings. The summed E-state index contributed by atoms with van der Waals surface area (Å²) in [5.74, 6) is -1.21. The van der Waals surface area contributed by atoms with E-state index in [9.17, 15) is 32.7 Å². The summed E-state index contributed by atoms with van der Waals surface area (Å²) in [4.78, 5) is 40.0. The zero-order valence-corrected chi connectivity index (χ0v) is 21.0. The molecule has 1 unspecified atom stereocenters. The van der Waals surface area contributed by atoms with Crippen LogP contribution in [0.25, 0.3) is 11.1 Å². The van der Waals surface area contributed by atoms with Crippen LogP contribution < -0.4 is 16.0 Å². The Labute approximate surface area is 252 Å². The van der Waals surface area contributed by atoms with Crippen molar-refractivity contribution in [2.24, 2.45) is 0 Å². The predicted octanol–water partition coefficient (Wildman–Crippen LogP) is 4.15. The first-order valence-electron chi connectivity index (χ1n) is 12.3. The van der Waals surface area contributed by atoms with Crippen LogP contribution >= 0.6 is 0 Å². The molecule has 2 amide bonds. The number of rotatable bonds is 13. The second-order valence-electron chi connectivity index (χ2n) is 8.79. The summed E-state index contributed by atoms with van der Waals surface area (Å²) in [6.45, 7) is 0.351. The average molecular weight is 567 g/mol. The number of carboxylic acid groups (broad SMARTS) is 1. The summed E-state index contributed by atoms with van der Waals surface area (Å²) in [6, 6.07) is 15.9. The van der Waals surface area contributed by atoms with Crippen LogP contribution in [0, 0.1) is 0 Å². The van der Waals surface area contributed by atoms with Gasteiger partial charge in [0.05, 0.1) is 24.6 Å². The van der Waals surface area contributed by atoms with Crippen LogP contribution in [-0.4, -0.2) is 70.5 Å². The average Bonchev–Trinajstić information content (AvgIpc) is 2.91. The number of hydrogen-bond acceptors (Lipinski definition) is 5. The van der Waals surface area contributed by atoms with E-state index in [1.54, 1.807) is 30.5 Å². The molecule has 0 bridgehead atoms. The number of nitrogens with zero attached hydrogens (tertiary/aromatic N) is 1. The van der Waals surface area contributed by atoms with Crippen molar-refractivity contribution in [1.29, 1.82) is 0 Å². The molecular weight excluding hydrogens is 536 g/mol. The number of benzene rings is 2. The van der Waals surface area contributed by atoms with Crippen molar-refractivity contribution in [3.8, 4) is 11.1 Å². The zero-order valence-electron chi connectivity index (χ0n) is 21.0. The molecule has 0 aliphatic carbocycles. The summed E-state index contributed by atoms with van der Waals surface area (Å²) in [6.07, 6.45) is -1.55. The molecule has 12 heteroatoms. The normalized spacial score (nSPS) is 11.6. The fraction of sp³-hybridized carbons (Fsp3) is 0.286. The maximum absolute atomic E-state index is 12.8. The number of unbranched alkanes of at least 4 members (excludes halogenated alkanes) is 1. The van der Waals surface area contributed by atoms with Gasteiger partial charge in [-0.05, 0) is 53.8 Å². The van der Waals surface area contributed by atoms with Crippen LogP contribution in [0.5, 0.6) is 0 Å². The number of carbonyl (C=O) groups is 3. The van der Waals surface area contributed by atoms with Gasteiger partial charge in [-0.2, -0.15) is 13.2 Å². The van der Waals surface area contributed by atoms with Gasteiger partial charge >= 0.3 is 41.7 Å². The van der Waals surface area contributed by atoms with Gasteiger partial charge in [0, 0.05) is 19.2 Å². The maximum atomic E-state index is 12.8. The molecule has 8 nitrogen and oxygen atoms in total. The summed E-state index contributed by atoms with van der Waals surface area (Å²) < 4.78 is 38.4. The predicted molar refractivity (Wildman–Crippen MR) is 147 cm³/mol. The van der Waals surface area contributed by atoms with Crippen LogP contribution in [0.15, 0.2) is 72.9 Å². The number of amides is 2. The van der Waals surface area contributed by atoms with Gasteiger partial charge in [-0.3, -0.25) is 14.4 Å². The third-order valence-corrected chi connectivity index (χ3v) is 5.82. The summed E-state index contributed by atoms with van der Waals surface area (Å²) in [7, 11) is 0. The standard InChI is InChI=1S/C28H29F3N4O4.Na.H/c29-28(30,31)22-13-11-20(12-14-22)19-7-9-21(10-8-19)23(17-27(38)39)35-26(37)18-34-25(36)6-2-4-16-33-24-5-1-3-15-32-24;;/h1,3,5,7-15,23H,2,4,6,16-18H2,(H,32,33)(H,34,36)(H,35,37)(H,38,39);;. The van der Waals surface area contributed by atoms with Gasteiger partial charge in [-0.1, -0.05) is 42.5 Å². The van der Waals surface area contributed by atoms with E-state index in [0.717, 1.165) is 24.4 Å². The number of halogens is 3. The van der Waals surface area contributed by atoms with Crippen molar-refractivity contribution >= 4 is 53.2 Å². The molecule has 208 valence electrons. The molecule has 0 saturated carbocycles. The molecule has 1 aromatic heterocycles. The number of anilines is 1. The summed E-state index contributed by atoms with van der Waals surface area (Å²) in [5, 5.41) is 17.6. The number of nitrogens with one attached hydrogen (secondary N) is 3. The molecule has 0 aliphatic heterocycles. The van der Waals surface area contributed by atoms with Gasteiger partial charge in [-0.25, -0.2) is 4.98 Å². The minimum atomic E-state index is -4.43. The van der Waals surface area contributed by atoms with Crippen LogP contribution in [0.2, 0.25) is 0 Å². The van der Waals surface area contributed by atoms with Crippen LogP contribution in [0.1, 0.15) is 42.9 Å². The Morgan fingerprint density at radius 2 is 1.52 bits per heavy atom. The molecule has 40 heavy (non-hydrogen) atoms. The molecule has 3 aromatic rings. The number of carbonyl (C=O) groups excluding carboxylic acids is 2. The Morgan fingerprint density at radius 3 is 2.10 bits per heavy atom. The Hall–Kier alpha value is -3.41. The van der Waals surface area contributed by atoms with Crippen molar-refractivity contribution in [3.05, 3.63) is 84.1 Å². The Morgan fingerprint density at radius 1 is 0.875 bits per heavy atom. The molecule has 0 saturated heterocycles. The Balaban J connectivity index is 0.00000560. The second-order valence-corrected chi connectivity index (χ2v) is 8.79. The number of aromatic nitrogens is 1. The third kappa shape index (κ3) is 11.0. The minimum absolute atomic E-state index is 0. The fourth-order valence-electron chi connectivity index (χ4n) is 3.79. The van der Waals surface area contributed by atoms with Crippen molar-refractivity contribution in [2.75, 3.05) is 18.4 Å². The molecule has 3 rings (SSSR count). The number of pyridine rings is 1. The van der Waals surface area contributed by atoms with Gasteiger partial charge in [-0.15, -0.1) is 0 Å². The van der Waals surface area contributed by atoms with Crippen molar-refractivity contribution in [3.63, 3.8) is 0 Å². The monoisotopic (exact) mass is 566 g/mol. The first-order valence-corrected chi connectivity index (χ1v) is 12.3. The molecule has 4 N–H and O–H groups in total. The van der Waals surface area contributed by atoms with Gasteiger partial charge in [0.1, 0.15) is 5.82 Å². The first-order chi connectivity index (χ1) is 18.6.